The summed E-state index contributed by atoms with van der Waals surface area (Å²) < 4.78 is 0. The van der Waals surface area contributed by atoms with Crippen LogP contribution in [0.2, 0.25) is 0 Å². The zero-order valence-corrected chi connectivity index (χ0v) is 14.2. The Bertz CT molecular complexity index is 710. The molecule has 0 spiro atoms. The first kappa shape index (κ1) is 16.4. The lowest BCUT2D eigenvalue weighted by Gasteiger charge is -2.33. The van der Waals surface area contributed by atoms with Crippen LogP contribution < -0.4 is 10.2 Å². The minimum atomic E-state index is -0.0661. The second-order valence-electron chi connectivity index (χ2n) is 6.27. The minimum absolute atomic E-state index is 0.0661. The number of hydrogen-bond donors (Lipinski definition) is 1. The van der Waals surface area contributed by atoms with Crippen LogP contribution >= 0.6 is 0 Å². The molecule has 0 saturated carbocycles. The summed E-state index contributed by atoms with van der Waals surface area (Å²) in [4.78, 5) is 25.3. The number of nitrogens with zero attached hydrogens (tertiary/aromatic N) is 4. The fourth-order valence-electron chi connectivity index (χ4n) is 2.82. The Morgan fingerprint density at radius 2 is 1.96 bits per heavy atom. The summed E-state index contributed by atoms with van der Waals surface area (Å²) >= 11 is 0. The highest BCUT2D eigenvalue weighted by Crippen LogP contribution is 2.16. The molecule has 1 saturated heterocycles. The zero-order valence-electron chi connectivity index (χ0n) is 14.2. The van der Waals surface area contributed by atoms with Gasteiger partial charge in [0.05, 0.1) is 6.42 Å². The van der Waals surface area contributed by atoms with Crippen LogP contribution in [0.15, 0.2) is 36.7 Å². The molecule has 24 heavy (non-hydrogen) atoms. The van der Waals surface area contributed by atoms with Crippen LogP contribution in [0.25, 0.3) is 0 Å². The van der Waals surface area contributed by atoms with Gasteiger partial charge in [0, 0.05) is 32.2 Å². The van der Waals surface area contributed by atoms with E-state index < -0.39 is 0 Å². The monoisotopic (exact) mass is 325 g/mol. The van der Waals surface area contributed by atoms with Gasteiger partial charge in [0.25, 0.3) is 0 Å². The van der Waals surface area contributed by atoms with E-state index in [1.807, 2.05) is 37.3 Å². The number of amides is 1. The number of hydrogen-bond acceptors (Lipinski definition) is 5. The summed E-state index contributed by atoms with van der Waals surface area (Å²) in [5.74, 6) is 1.35. The van der Waals surface area contributed by atoms with E-state index in [1.54, 1.807) is 0 Å². The Morgan fingerprint density at radius 1 is 1.17 bits per heavy atom. The van der Waals surface area contributed by atoms with E-state index in [4.69, 9.17) is 0 Å². The molecule has 1 aliphatic heterocycles. The van der Waals surface area contributed by atoms with Crippen LogP contribution in [0.4, 0.5) is 11.6 Å². The fourth-order valence-corrected chi connectivity index (χ4v) is 2.82. The van der Waals surface area contributed by atoms with Gasteiger partial charge < -0.3 is 15.1 Å². The second kappa shape index (κ2) is 7.40. The molecule has 1 aromatic heterocycles. The van der Waals surface area contributed by atoms with Crippen molar-refractivity contribution in [2.75, 3.05) is 43.4 Å². The highest BCUT2D eigenvalue weighted by atomic mass is 16.1. The molecule has 0 atom stereocenters. The molecular formula is C18H23N5O. The Hall–Kier alpha value is -2.47. The van der Waals surface area contributed by atoms with Gasteiger partial charge in [-0.25, -0.2) is 9.97 Å². The molecule has 6 nitrogen and oxygen atoms in total. The van der Waals surface area contributed by atoms with Crippen LogP contribution in [-0.4, -0.2) is 54.0 Å². The Kier molecular flexibility index (Phi) is 5.05. The average Bonchev–Trinajstić information content (AvgIpc) is 2.55. The van der Waals surface area contributed by atoms with Crippen LogP contribution in [0.1, 0.15) is 11.1 Å². The maximum atomic E-state index is 12.2. The van der Waals surface area contributed by atoms with E-state index in [2.05, 4.69) is 32.1 Å². The quantitative estimate of drug-likeness (QED) is 0.927. The van der Waals surface area contributed by atoms with Gasteiger partial charge in [0.1, 0.15) is 18.0 Å². The third-order valence-electron chi connectivity index (χ3n) is 4.19. The van der Waals surface area contributed by atoms with Crippen LogP contribution in [0, 0.1) is 6.92 Å². The summed E-state index contributed by atoms with van der Waals surface area (Å²) in [6, 6.07) is 9.82. The van der Waals surface area contributed by atoms with Gasteiger partial charge in [0.15, 0.2) is 0 Å². The van der Waals surface area contributed by atoms with Gasteiger partial charge in [-0.3, -0.25) is 4.79 Å². The van der Waals surface area contributed by atoms with Gasteiger partial charge >= 0.3 is 0 Å². The van der Waals surface area contributed by atoms with Crippen molar-refractivity contribution in [3.63, 3.8) is 0 Å². The average molecular weight is 325 g/mol. The SMILES string of the molecule is Cc1cccc(CC(=O)Nc2cc(N3CCN(C)CC3)ncn2)c1. The fraction of sp³-hybridized carbons (Fsp3) is 0.389. The first-order chi connectivity index (χ1) is 11.6. The van der Waals surface area contributed by atoms with Crippen LogP contribution in [-0.2, 0) is 11.2 Å². The van der Waals surface area contributed by atoms with Crippen molar-refractivity contribution in [3.05, 3.63) is 47.8 Å². The summed E-state index contributed by atoms with van der Waals surface area (Å²) in [5.41, 5.74) is 2.15. The molecule has 2 heterocycles. The summed E-state index contributed by atoms with van der Waals surface area (Å²) in [6.07, 6.45) is 1.85. The molecule has 126 valence electrons. The van der Waals surface area contributed by atoms with E-state index in [0.717, 1.165) is 43.1 Å². The summed E-state index contributed by atoms with van der Waals surface area (Å²) in [7, 11) is 2.12. The molecule has 1 amide bonds. The zero-order chi connectivity index (χ0) is 16.9. The second-order valence-corrected chi connectivity index (χ2v) is 6.27. The molecule has 2 aromatic rings. The van der Waals surface area contributed by atoms with E-state index in [1.165, 1.54) is 6.33 Å². The third kappa shape index (κ3) is 4.29. The van der Waals surface area contributed by atoms with Gasteiger partial charge in [-0.05, 0) is 19.5 Å². The largest absolute Gasteiger partial charge is 0.354 e. The molecule has 0 aliphatic carbocycles. The molecular weight excluding hydrogens is 302 g/mol. The van der Waals surface area contributed by atoms with Gasteiger partial charge in [-0.15, -0.1) is 0 Å². The van der Waals surface area contributed by atoms with Crippen molar-refractivity contribution in [2.24, 2.45) is 0 Å². The van der Waals surface area contributed by atoms with Crippen molar-refractivity contribution in [1.29, 1.82) is 0 Å². The number of aromatic nitrogens is 2. The van der Waals surface area contributed by atoms with E-state index >= 15 is 0 Å². The lowest BCUT2D eigenvalue weighted by atomic mass is 10.1. The standard InChI is InChI=1S/C18H23N5O/c1-14-4-3-5-15(10-14)11-18(24)21-16-12-17(20-13-19-16)23-8-6-22(2)7-9-23/h3-5,10,12-13H,6-9,11H2,1-2H3,(H,19,20,21,24). The summed E-state index contributed by atoms with van der Waals surface area (Å²) in [5, 5.41) is 2.87. The third-order valence-corrected chi connectivity index (χ3v) is 4.19. The van der Waals surface area contributed by atoms with E-state index in [9.17, 15) is 4.79 Å². The molecule has 0 bridgehead atoms. The molecule has 1 fully saturated rings. The molecule has 3 rings (SSSR count). The highest BCUT2D eigenvalue weighted by Gasteiger charge is 2.16. The van der Waals surface area contributed by atoms with E-state index in [-0.39, 0.29) is 5.91 Å². The Balaban J connectivity index is 1.63. The maximum absolute atomic E-state index is 12.2. The van der Waals surface area contributed by atoms with Crippen molar-refractivity contribution >= 4 is 17.5 Å². The lowest BCUT2D eigenvalue weighted by Crippen LogP contribution is -2.44. The molecule has 6 heteroatoms. The number of rotatable bonds is 4. The molecule has 0 radical (unpaired) electrons. The van der Waals surface area contributed by atoms with Crippen molar-refractivity contribution < 1.29 is 4.79 Å². The first-order valence-electron chi connectivity index (χ1n) is 8.21. The topological polar surface area (TPSA) is 61.4 Å². The normalized spacial score (nSPS) is 15.3. The van der Waals surface area contributed by atoms with Gasteiger partial charge in [-0.2, -0.15) is 0 Å². The van der Waals surface area contributed by atoms with Crippen molar-refractivity contribution in [2.45, 2.75) is 13.3 Å². The highest BCUT2D eigenvalue weighted by molar-refractivity contribution is 5.91. The number of nitrogens with one attached hydrogen (secondary N) is 1. The van der Waals surface area contributed by atoms with Crippen LogP contribution in [0.5, 0.6) is 0 Å². The molecule has 1 aromatic carbocycles. The predicted octanol–water partition coefficient (Wildman–Crippen LogP) is 1.72. The minimum Gasteiger partial charge on any atom is -0.354 e. The van der Waals surface area contributed by atoms with Crippen molar-refractivity contribution in [1.82, 2.24) is 14.9 Å². The number of aryl methyl sites for hydroxylation is 1. The van der Waals surface area contributed by atoms with Crippen LogP contribution in [0.3, 0.4) is 0 Å². The van der Waals surface area contributed by atoms with Crippen molar-refractivity contribution in [3.8, 4) is 0 Å². The number of likely N-dealkylation sites (N-methyl/N-ethyl adjacent to an activating group) is 1. The number of carbonyl (C=O) groups excluding carboxylic acids is 1. The Morgan fingerprint density at radius 3 is 2.71 bits per heavy atom. The number of benzene rings is 1. The number of carbonyl (C=O) groups is 1. The number of anilines is 2. The maximum Gasteiger partial charge on any atom is 0.229 e. The number of piperazine rings is 1. The smallest absolute Gasteiger partial charge is 0.229 e. The molecule has 0 unspecified atom stereocenters. The first-order valence-corrected chi connectivity index (χ1v) is 8.21. The van der Waals surface area contributed by atoms with Gasteiger partial charge in [0.2, 0.25) is 5.91 Å². The summed E-state index contributed by atoms with van der Waals surface area (Å²) in [6.45, 7) is 5.92. The lowest BCUT2D eigenvalue weighted by molar-refractivity contribution is -0.115. The Labute approximate surface area is 142 Å². The van der Waals surface area contributed by atoms with Gasteiger partial charge in [-0.1, -0.05) is 29.8 Å². The molecule has 1 N–H and O–H groups in total. The molecule has 1 aliphatic rings. The predicted molar refractivity (Wildman–Crippen MR) is 95.3 cm³/mol. The van der Waals surface area contributed by atoms with E-state index in [0.29, 0.717) is 12.2 Å².